The highest BCUT2D eigenvalue weighted by molar-refractivity contribution is 7.10. The molecule has 0 saturated heterocycles. The van der Waals surface area contributed by atoms with E-state index in [-0.39, 0.29) is 17.5 Å². The zero-order valence-electron chi connectivity index (χ0n) is 17.6. The van der Waals surface area contributed by atoms with Crippen molar-refractivity contribution in [3.05, 3.63) is 91.9 Å². The quantitative estimate of drug-likeness (QED) is 0.397. The lowest BCUT2D eigenvalue weighted by atomic mass is 9.91. The smallest absolute Gasteiger partial charge is 0.260 e. The molecule has 0 unspecified atom stereocenters. The monoisotopic (exact) mass is 461 g/mol. The third-order valence-corrected chi connectivity index (χ3v) is 7.02. The van der Waals surface area contributed by atoms with Crippen LogP contribution >= 0.6 is 22.9 Å². The molecule has 0 N–H and O–H groups in total. The van der Waals surface area contributed by atoms with Gasteiger partial charge in [0.1, 0.15) is 0 Å². The molecule has 3 heterocycles. The highest BCUT2D eigenvalue weighted by Gasteiger charge is 2.34. The Morgan fingerprint density at radius 2 is 1.88 bits per heavy atom. The first kappa shape index (κ1) is 20.7. The summed E-state index contributed by atoms with van der Waals surface area (Å²) in [5.41, 5.74) is 3.47. The van der Waals surface area contributed by atoms with Crippen LogP contribution in [-0.4, -0.2) is 21.2 Å². The lowest BCUT2D eigenvalue weighted by Gasteiger charge is -2.18. The van der Waals surface area contributed by atoms with Gasteiger partial charge >= 0.3 is 0 Å². The van der Waals surface area contributed by atoms with Crippen molar-refractivity contribution in [3.63, 3.8) is 0 Å². The van der Waals surface area contributed by atoms with Crippen molar-refractivity contribution in [2.75, 3.05) is 0 Å². The van der Waals surface area contributed by atoms with Crippen molar-refractivity contribution < 1.29 is 4.79 Å². The van der Waals surface area contributed by atoms with E-state index in [1.807, 2.05) is 60.0 Å². The predicted octanol–water partition coefficient (Wildman–Crippen LogP) is 5.62. The second-order valence-electron chi connectivity index (χ2n) is 7.79. The standard InChI is InChI=1S/C25H20ClN3O2S/c1-15(30)29-21(22-9-6-12-32-22)14-19(27-29)24-23(16-7-4-3-5-8-16)18-13-17(26)10-11-20(18)28(2)25(24)31/h3-13,21H,14H2,1-2H3/t21-/m0/s1. The van der Waals surface area contributed by atoms with Crippen molar-refractivity contribution >= 4 is 45.5 Å². The summed E-state index contributed by atoms with van der Waals surface area (Å²) in [5, 5.41) is 9.62. The minimum Gasteiger partial charge on any atom is -0.311 e. The number of amides is 1. The Hall–Kier alpha value is -3.22. The van der Waals surface area contributed by atoms with E-state index in [1.54, 1.807) is 29.0 Å². The molecule has 0 fully saturated rings. The summed E-state index contributed by atoms with van der Waals surface area (Å²) in [5.74, 6) is -0.152. The average Bonchev–Trinajstić information content (AvgIpc) is 3.46. The number of pyridine rings is 1. The minimum absolute atomic E-state index is 0.146. The van der Waals surface area contributed by atoms with Gasteiger partial charge in [-0.1, -0.05) is 48.0 Å². The first-order valence-electron chi connectivity index (χ1n) is 10.2. The molecule has 32 heavy (non-hydrogen) atoms. The molecule has 0 saturated carbocycles. The molecule has 0 bridgehead atoms. The van der Waals surface area contributed by atoms with E-state index >= 15 is 0 Å². The number of hydrazone groups is 1. The Morgan fingerprint density at radius 3 is 2.56 bits per heavy atom. The maximum absolute atomic E-state index is 13.7. The van der Waals surface area contributed by atoms with Gasteiger partial charge < -0.3 is 4.57 Å². The number of thiophene rings is 1. The van der Waals surface area contributed by atoms with Crippen molar-refractivity contribution in [2.45, 2.75) is 19.4 Å². The van der Waals surface area contributed by atoms with Gasteiger partial charge in [0.15, 0.2) is 0 Å². The number of aryl methyl sites for hydroxylation is 1. The highest BCUT2D eigenvalue weighted by Crippen LogP contribution is 2.38. The zero-order chi connectivity index (χ0) is 22.4. The average molecular weight is 462 g/mol. The van der Waals surface area contributed by atoms with Crippen LogP contribution in [0.5, 0.6) is 0 Å². The third kappa shape index (κ3) is 3.36. The number of rotatable bonds is 3. The SMILES string of the molecule is CC(=O)N1N=C(c2c(-c3ccccc3)c3cc(Cl)ccc3n(C)c2=O)C[C@H]1c1cccs1. The number of hydrogen-bond acceptors (Lipinski definition) is 4. The topological polar surface area (TPSA) is 54.7 Å². The van der Waals surface area contributed by atoms with Crippen molar-refractivity contribution in [1.29, 1.82) is 0 Å². The van der Waals surface area contributed by atoms with Crippen molar-refractivity contribution in [2.24, 2.45) is 12.1 Å². The Morgan fingerprint density at radius 1 is 1.09 bits per heavy atom. The van der Waals surface area contributed by atoms with Crippen LogP contribution in [0.15, 0.2) is 75.9 Å². The highest BCUT2D eigenvalue weighted by atomic mass is 35.5. The number of fused-ring (bicyclic) bond motifs is 1. The van der Waals surface area contributed by atoms with Gasteiger partial charge in [0.05, 0.1) is 22.8 Å². The van der Waals surface area contributed by atoms with E-state index in [0.717, 1.165) is 26.9 Å². The van der Waals surface area contributed by atoms with Crippen LogP contribution in [0, 0.1) is 0 Å². The fourth-order valence-electron chi connectivity index (χ4n) is 4.35. The molecule has 160 valence electrons. The van der Waals surface area contributed by atoms with Crippen LogP contribution < -0.4 is 5.56 Å². The Labute approximate surface area is 194 Å². The van der Waals surface area contributed by atoms with Crippen LogP contribution in [0.4, 0.5) is 0 Å². The molecule has 0 spiro atoms. The van der Waals surface area contributed by atoms with Gasteiger partial charge in [-0.05, 0) is 35.2 Å². The van der Waals surface area contributed by atoms with E-state index in [2.05, 4.69) is 5.10 Å². The zero-order valence-corrected chi connectivity index (χ0v) is 19.2. The molecule has 2 aromatic heterocycles. The largest absolute Gasteiger partial charge is 0.311 e. The third-order valence-electron chi connectivity index (χ3n) is 5.81. The number of nitrogens with zero attached hydrogens (tertiary/aromatic N) is 3. The summed E-state index contributed by atoms with van der Waals surface area (Å²) in [6, 6.07) is 19.1. The number of aromatic nitrogens is 1. The van der Waals surface area contributed by atoms with Gasteiger partial charge in [0, 0.05) is 41.2 Å². The molecule has 1 atom stereocenters. The molecule has 2 aromatic carbocycles. The maximum Gasteiger partial charge on any atom is 0.260 e. The minimum atomic E-state index is -0.217. The van der Waals surface area contributed by atoms with Crippen LogP contribution in [0.2, 0.25) is 5.02 Å². The molecule has 5 rings (SSSR count). The number of carbonyl (C=O) groups is 1. The molecular formula is C25H20ClN3O2S. The summed E-state index contributed by atoms with van der Waals surface area (Å²) in [4.78, 5) is 27.1. The van der Waals surface area contributed by atoms with Crippen LogP contribution in [-0.2, 0) is 11.8 Å². The Balaban J connectivity index is 1.81. The summed E-state index contributed by atoms with van der Waals surface area (Å²) < 4.78 is 1.63. The van der Waals surface area contributed by atoms with E-state index in [0.29, 0.717) is 22.7 Å². The summed E-state index contributed by atoms with van der Waals surface area (Å²) in [7, 11) is 1.76. The second kappa shape index (κ2) is 8.04. The lowest BCUT2D eigenvalue weighted by Crippen LogP contribution is -2.26. The van der Waals surface area contributed by atoms with Gasteiger partial charge in [0.2, 0.25) is 5.91 Å². The lowest BCUT2D eigenvalue weighted by molar-refractivity contribution is -0.130. The first-order chi connectivity index (χ1) is 15.5. The maximum atomic E-state index is 13.7. The summed E-state index contributed by atoms with van der Waals surface area (Å²) >= 11 is 7.95. The number of halogens is 1. The molecule has 1 amide bonds. The van der Waals surface area contributed by atoms with Gasteiger partial charge in [-0.15, -0.1) is 11.3 Å². The van der Waals surface area contributed by atoms with E-state index in [4.69, 9.17) is 11.6 Å². The normalized spacial score (nSPS) is 15.9. The van der Waals surface area contributed by atoms with Crippen LogP contribution in [0.25, 0.3) is 22.0 Å². The second-order valence-corrected chi connectivity index (χ2v) is 9.20. The fraction of sp³-hybridized carbons (Fsp3) is 0.160. The molecular weight excluding hydrogens is 442 g/mol. The number of hydrogen-bond donors (Lipinski definition) is 0. The van der Waals surface area contributed by atoms with Gasteiger partial charge in [0.25, 0.3) is 5.56 Å². The van der Waals surface area contributed by atoms with Crippen molar-refractivity contribution in [1.82, 2.24) is 9.58 Å². The molecule has 0 aliphatic carbocycles. The van der Waals surface area contributed by atoms with E-state index < -0.39 is 0 Å². The Kier molecular flexibility index (Phi) is 5.19. The Bertz CT molecular complexity index is 1430. The molecule has 7 heteroatoms. The van der Waals surface area contributed by atoms with E-state index in [9.17, 15) is 9.59 Å². The fourth-order valence-corrected chi connectivity index (χ4v) is 5.33. The number of benzene rings is 2. The predicted molar refractivity (Wildman–Crippen MR) is 130 cm³/mol. The first-order valence-corrected chi connectivity index (χ1v) is 11.5. The molecule has 5 nitrogen and oxygen atoms in total. The molecule has 0 radical (unpaired) electrons. The van der Waals surface area contributed by atoms with Gasteiger partial charge in [-0.25, -0.2) is 5.01 Å². The molecule has 4 aromatic rings. The van der Waals surface area contributed by atoms with Crippen molar-refractivity contribution in [3.8, 4) is 11.1 Å². The van der Waals surface area contributed by atoms with Gasteiger partial charge in [-0.2, -0.15) is 5.10 Å². The van der Waals surface area contributed by atoms with Crippen LogP contribution in [0.3, 0.4) is 0 Å². The molecule has 1 aliphatic heterocycles. The molecule has 1 aliphatic rings. The number of carbonyl (C=O) groups excluding carboxylic acids is 1. The van der Waals surface area contributed by atoms with E-state index in [1.165, 1.54) is 11.9 Å². The van der Waals surface area contributed by atoms with Crippen LogP contribution in [0.1, 0.15) is 29.8 Å². The van der Waals surface area contributed by atoms with Gasteiger partial charge in [-0.3, -0.25) is 9.59 Å². The summed E-state index contributed by atoms with van der Waals surface area (Å²) in [6.07, 6.45) is 0.473. The summed E-state index contributed by atoms with van der Waals surface area (Å²) in [6.45, 7) is 1.50.